The largest absolute Gasteiger partial charge is 0.352 e. The van der Waals surface area contributed by atoms with E-state index in [2.05, 4.69) is 36.5 Å². The summed E-state index contributed by atoms with van der Waals surface area (Å²) in [6, 6.07) is 33.7. The van der Waals surface area contributed by atoms with E-state index in [1.54, 1.807) is 12.1 Å². The first-order chi connectivity index (χ1) is 18.1. The second kappa shape index (κ2) is 11.3. The molecule has 0 atom stereocenters. The van der Waals surface area contributed by atoms with E-state index in [1.807, 2.05) is 77.7 Å². The lowest BCUT2D eigenvalue weighted by molar-refractivity contribution is -0.114. The molecule has 0 aliphatic carbocycles. The minimum Gasteiger partial charge on any atom is -0.352 e. The Morgan fingerprint density at radius 1 is 0.865 bits per heavy atom. The Kier molecular flexibility index (Phi) is 7.52. The van der Waals surface area contributed by atoms with Crippen LogP contribution in [0.1, 0.15) is 32.6 Å². The minimum atomic E-state index is -0.100. The number of carbonyl (C=O) groups excluding carboxylic acids is 2. The molecular formula is C32H28N2O2S. The Balaban J connectivity index is 1.31. The summed E-state index contributed by atoms with van der Waals surface area (Å²) in [6.07, 6.45) is 2.70. The van der Waals surface area contributed by atoms with Crippen LogP contribution in [0.25, 0.3) is 6.08 Å². The number of amides is 2. The maximum absolute atomic E-state index is 13.6. The van der Waals surface area contributed by atoms with E-state index in [0.29, 0.717) is 23.6 Å². The van der Waals surface area contributed by atoms with E-state index in [4.69, 9.17) is 0 Å². The van der Waals surface area contributed by atoms with Crippen LogP contribution in [0.15, 0.2) is 113 Å². The van der Waals surface area contributed by atoms with Gasteiger partial charge in [-0.3, -0.25) is 9.59 Å². The number of hydrogen-bond donors (Lipinski definition) is 1. The average Bonchev–Trinajstić information content (AvgIpc) is 2.93. The zero-order valence-corrected chi connectivity index (χ0v) is 21.5. The van der Waals surface area contributed by atoms with Crippen molar-refractivity contribution in [1.82, 2.24) is 5.32 Å². The molecule has 4 aromatic carbocycles. The second-order valence-corrected chi connectivity index (χ2v) is 10.1. The molecule has 0 unspecified atom stereocenters. The Morgan fingerprint density at radius 3 is 2.35 bits per heavy atom. The van der Waals surface area contributed by atoms with Crippen molar-refractivity contribution in [2.45, 2.75) is 24.8 Å². The molecular weight excluding hydrogens is 476 g/mol. The number of rotatable bonds is 7. The molecule has 1 N–H and O–H groups in total. The summed E-state index contributed by atoms with van der Waals surface area (Å²) in [5.41, 5.74) is 5.89. The highest BCUT2D eigenvalue weighted by molar-refractivity contribution is 8.04. The van der Waals surface area contributed by atoms with Crippen molar-refractivity contribution in [2.75, 3.05) is 11.4 Å². The standard InChI is InChI=1S/C32H28N2O2S/c1-23-9-5-6-12-27(23)22-34-28-13-7-8-14-29(28)37-30(32(34)36)21-25-15-17-26(18-16-25)31(35)33-20-19-24-10-3-2-4-11-24/h2-18,21H,19-20,22H2,1H3,(H,33,35)/b30-21+. The fraction of sp³-hybridized carbons (Fsp3) is 0.125. The molecule has 1 aliphatic heterocycles. The summed E-state index contributed by atoms with van der Waals surface area (Å²) < 4.78 is 0. The number of nitrogens with one attached hydrogen (secondary N) is 1. The van der Waals surface area contributed by atoms with Crippen molar-refractivity contribution in [2.24, 2.45) is 0 Å². The smallest absolute Gasteiger partial charge is 0.265 e. The van der Waals surface area contributed by atoms with Crippen molar-refractivity contribution in [3.63, 3.8) is 0 Å². The number of anilines is 1. The zero-order valence-electron chi connectivity index (χ0n) is 20.7. The summed E-state index contributed by atoms with van der Waals surface area (Å²) >= 11 is 1.49. The van der Waals surface area contributed by atoms with Gasteiger partial charge in [0.2, 0.25) is 0 Å². The van der Waals surface area contributed by atoms with Crippen molar-refractivity contribution >= 4 is 35.3 Å². The van der Waals surface area contributed by atoms with Crippen LogP contribution in [0.4, 0.5) is 5.69 Å². The Labute approximate surface area is 222 Å². The predicted molar refractivity (Wildman–Crippen MR) is 152 cm³/mol. The van der Waals surface area contributed by atoms with Gasteiger partial charge in [0.1, 0.15) is 0 Å². The highest BCUT2D eigenvalue weighted by Gasteiger charge is 2.29. The van der Waals surface area contributed by atoms with Crippen molar-refractivity contribution in [3.8, 4) is 0 Å². The van der Waals surface area contributed by atoms with Crippen LogP contribution in [0, 0.1) is 6.92 Å². The topological polar surface area (TPSA) is 49.4 Å². The molecule has 37 heavy (non-hydrogen) atoms. The molecule has 5 rings (SSSR count). The van der Waals surface area contributed by atoms with E-state index in [0.717, 1.165) is 33.7 Å². The lowest BCUT2D eigenvalue weighted by atomic mass is 10.1. The van der Waals surface area contributed by atoms with Crippen LogP contribution in [0.5, 0.6) is 0 Å². The fourth-order valence-corrected chi connectivity index (χ4v) is 5.39. The van der Waals surface area contributed by atoms with E-state index >= 15 is 0 Å². The molecule has 1 heterocycles. The highest BCUT2D eigenvalue weighted by Crippen LogP contribution is 2.42. The molecule has 4 nitrogen and oxygen atoms in total. The molecule has 0 radical (unpaired) electrons. The number of nitrogens with zero attached hydrogens (tertiary/aromatic N) is 1. The highest BCUT2D eigenvalue weighted by atomic mass is 32.2. The Hall–Kier alpha value is -4.09. The first kappa shape index (κ1) is 24.6. The van der Waals surface area contributed by atoms with Crippen LogP contribution < -0.4 is 10.2 Å². The van der Waals surface area contributed by atoms with Crippen LogP contribution in [0.3, 0.4) is 0 Å². The van der Waals surface area contributed by atoms with Gasteiger partial charge in [-0.25, -0.2) is 0 Å². The molecule has 0 spiro atoms. The lowest BCUT2D eigenvalue weighted by Crippen LogP contribution is -2.33. The number of benzene rings is 4. The van der Waals surface area contributed by atoms with Gasteiger partial charge >= 0.3 is 0 Å². The summed E-state index contributed by atoms with van der Waals surface area (Å²) in [5, 5.41) is 2.98. The maximum atomic E-state index is 13.6. The molecule has 0 aromatic heterocycles. The quantitative estimate of drug-likeness (QED) is 0.287. The SMILES string of the molecule is Cc1ccccc1CN1C(=O)/C(=C\c2ccc(C(=O)NCCc3ccccc3)cc2)Sc2ccccc21. The van der Waals surface area contributed by atoms with Gasteiger partial charge in [-0.1, -0.05) is 90.6 Å². The van der Waals surface area contributed by atoms with Crippen LogP contribution in [0.2, 0.25) is 0 Å². The van der Waals surface area contributed by atoms with Crippen LogP contribution in [-0.2, 0) is 17.8 Å². The van der Waals surface area contributed by atoms with E-state index in [1.165, 1.54) is 17.3 Å². The van der Waals surface area contributed by atoms with Gasteiger partial charge in [-0.05, 0) is 65.9 Å². The average molecular weight is 505 g/mol. The third-order valence-electron chi connectivity index (χ3n) is 6.43. The van der Waals surface area contributed by atoms with Crippen LogP contribution in [-0.4, -0.2) is 18.4 Å². The Morgan fingerprint density at radius 2 is 1.57 bits per heavy atom. The third-order valence-corrected chi connectivity index (χ3v) is 7.51. The first-order valence-corrected chi connectivity index (χ1v) is 13.2. The number of para-hydroxylation sites is 1. The second-order valence-electron chi connectivity index (χ2n) is 9.01. The number of carbonyl (C=O) groups is 2. The number of fused-ring (bicyclic) bond motifs is 1. The van der Waals surface area contributed by atoms with E-state index in [-0.39, 0.29) is 11.8 Å². The summed E-state index contributed by atoms with van der Waals surface area (Å²) in [7, 11) is 0. The molecule has 0 bridgehead atoms. The third kappa shape index (κ3) is 5.84. The number of hydrogen-bond acceptors (Lipinski definition) is 3. The molecule has 4 aromatic rings. The monoisotopic (exact) mass is 504 g/mol. The van der Waals surface area contributed by atoms with Crippen molar-refractivity contribution in [1.29, 1.82) is 0 Å². The van der Waals surface area contributed by atoms with Gasteiger partial charge in [0.25, 0.3) is 11.8 Å². The van der Waals surface area contributed by atoms with E-state index in [9.17, 15) is 9.59 Å². The van der Waals surface area contributed by atoms with Gasteiger partial charge in [-0.15, -0.1) is 0 Å². The zero-order chi connectivity index (χ0) is 25.6. The molecule has 2 amide bonds. The minimum absolute atomic E-state index is 0.0188. The fourth-order valence-electron chi connectivity index (χ4n) is 4.33. The van der Waals surface area contributed by atoms with Gasteiger partial charge in [0.15, 0.2) is 0 Å². The molecule has 0 saturated heterocycles. The molecule has 0 fully saturated rings. The van der Waals surface area contributed by atoms with Crippen LogP contribution >= 0.6 is 11.8 Å². The lowest BCUT2D eigenvalue weighted by Gasteiger charge is -2.31. The Bertz CT molecular complexity index is 1450. The molecule has 5 heteroatoms. The van der Waals surface area contributed by atoms with Gasteiger partial charge in [0.05, 0.1) is 17.1 Å². The number of aryl methyl sites for hydroxylation is 1. The summed E-state index contributed by atoms with van der Waals surface area (Å²) in [6.45, 7) is 3.17. The molecule has 184 valence electrons. The molecule has 0 saturated carbocycles. The predicted octanol–water partition coefficient (Wildman–Crippen LogP) is 6.65. The molecule has 1 aliphatic rings. The van der Waals surface area contributed by atoms with Crippen molar-refractivity contribution < 1.29 is 9.59 Å². The van der Waals surface area contributed by atoms with E-state index < -0.39 is 0 Å². The summed E-state index contributed by atoms with van der Waals surface area (Å²) in [5.74, 6) is -0.119. The van der Waals surface area contributed by atoms with Gasteiger partial charge in [-0.2, -0.15) is 0 Å². The summed E-state index contributed by atoms with van der Waals surface area (Å²) in [4.78, 5) is 29.7. The van der Waals surface area contributed by atoms with Gasteiger partial charge in [0, 0.05) is 17.0 Å². The normalized spacial score (nSPS) is 13.9. The first-order valence-electron chi connectivity index (χ1n) is 12.4. The van der Waals surface area contributed by atoms with Crippen molar-refractivity contribution in [3.05, 3.63) is 136 Å². The maximum Gasteiger partial charge on any atom is 0.265 e. The van der Waals surface area contributed by atoms with Gasteiger partial charge < -0.3 is 10.2 Å². The number of thioether (sulfide) groups is 1.